The van der Waals surface area contributed by atoms with Crippen LogP contribution in [0.1, 0.15) is 25.7 Å². The number of anilines is 1. The van der Waals surface area contributed by atoms with Crippen LogP contribution in [-0.4, -0.2) is 51.2 Å². The summed E-state index contributed by atoms with van der Waals surface area (Å²) in [5.74, 6) is 1.37. The first-order valence-corrected chi connectivity index (χ1v) is 9.25. The van der Waals surface area contributed by atoms with Crippen LogP contribution in [0.4, 0.5) is 5.82 Å². The van der Waals surface area contributed by atoms with Gasteiger partial charge in [-0.25, -0.2) is 4.98 Å². The van der Waals surface area contributed by atoms with Crippen LogP contribution in [0.2, 0.25) is 0 Å². The van der Waals surface area contributed by atoms with Gasteiger partial charge in [-0.15, -0.1) is 0 Å². The Hall–Kier alpha value is -2.37. The summed E-state index contributed by atoms with van der Waals surface area (Å²) in [6, 6.07) is 8.18. The van der Waals surface area contributed by atoms with Gasteiger partial charge in [0.1, 0.15) is 5.82 Å². The molecule has 0 saturated carbocycles. The van der Waals surface area contributed by atoms with E-state index in [1.165, 1.54) is 0 Å². The molecule has 132 valence electrons. The monoisotopic (exact) mass is 339 g/mol. The highest BCUT2D eigenvalue weighted by Crippen LogP contribution is 2.27. The number of pyridine rings is 1. The van der Waals surface area contributed by atoms with Crippen molar-refractivity contribution >= 4 is 11.7 Å². The maximum absolute atomic E-state index is 13.2. The molecule has 0 bridgehead atoms. The molecule has 6 nitrogen and oxygen atoms in total. The Labute approximate surface area is 148 Å². The first kappa shape index (κ1) is 16.1. The molecule has 0 N–H and O–H groups in total. The highest BCUT2D eigenvalue weighted by molar-refractivity contribution is 5.80. The number of piperidine rings is 1. The lowest BCUT2D eigenvalue weighted by molar-refractivity contribution is -0.136. The van der Waals surface area contributed by atoms with Gasteiger partial charge in [0.25, 0.3) is 0 Å². The molecule has 4 rings (SSSR count). The Morgan fingerprint density at radius 2 is 2.04 bits per heavy atom. The molecular weight excluding hydrogens is 314 g/mol. The van der Waals surface area contributed by atoms with E-state index in [-0.39, 0.29) is 12.0 Å². The molecule has 0 aromatic carbocycles. The van der Waals surface area contributed by atoms with Gasteiger partial charge in [-0.1, -0.05) is 6.07 Å². The average molecular weight is 339 g/mol. The summed E-state index contributed by atoms with van der Waals surface area (Å²) in [4.78, 5) is 22.0. The molecule has 0 aliphatic carbocycles. The summed E-state index contributed by atoms with van der Waals surface area (Å²) in [6.45, 7) is 3.44. The van der Waals surface area contributed by atoms with Crippen molar-refractivity contribution in [2.24, 2.45) is 5.92 Å². The van der Waals surface area contributed by atoms with E-state index < -0.39 is 0 Å². The summed E-state index contributed by atoms with van der Waals surface area (Å²) >= 11 is 0. The normalized spacial score (nSPS) is 23.8. The van der Waals surface area contributed by atoms with E-state index in [9.17, 15) is 4.79 Å². The highest BCUT2D eigenvalue weighted by Gasteiger charge is 2.35. The molecule has 6 heteroatoms. The van der Waals surface area contributed by atoms with Crippen molar-refractivity contribution in [1.29, 1.82) is 0 Å². The summed E-state index contributed by atoms with van der Waals surface area (Å²) in [5, 5.41) is 4.30. The Morgan fingerprint density at radius 1 is 1.12 bits per heavy atom. The Balaban J connectivity index is 1.42. The zero-order valence-electron chi connectivity index (χ0n) is 14.5. The molecule has 4 heterocycles. The minimum Gasteiger partial charge on any atom is -0.356 e. The van der Waals surface area contributed by atoms with Crippen molar-refractivity contribution in [2.75, 3.05) is 24.5 Å². The number of likely N-dealkylation sites (tertiary alicyclic amines) is 1. The van der Waals surface area contributed by atoms with Crippen LogP contribution in [0.25, 0.3) is 0 Å². The van der Waals surface area contributed by atoms with E-state index in [0.29, 0.717) is 5.91 Å². The van der Waals surface area contributed by atoms with Gasteiger partial charge in [0.15, 0.2) is 0 Å². The van der Waals surface area contributed by atoms with Crippen molar-refractivity contribution < 1.29 is 4.79 Å². The predicted octanol–water partition coefficient (Wildman–Crippen LogP) is 2.19. The van der Waals surface area contributed by atoms with Gasteiger partial charge in [-0.3, -0.25) is 9.48 Å². The largest absolute Gasteiger partial charge is 0.356 e. The van der Waals surface area contributed by atoms with Crippen LogP contribution >= 0.6 is 0 Å². The van der Waals surface area contributed by atoms with E-state index in [1.54, 1.807) is 6.20 Å². The summed E-state index contributed by atoms with van der Waals surface area (Å²) in [7, 11) is 0. The summed E-state index contributed by atoms with van der Waals surface area (Å²) < 4.78 is 1.94. The lowest BCUT2D eigenvalue weighted by atomic mass is 9.96. The van der Waals surface area contributed by atoms with Gasteiger partial charge in [-0.2, -0.15) is 5.10 Å². The minimum atomic E-state index is 0.0778. The molecule has 2 aliphatic rings. The molecule has 0 radical (unpaired) electrons. The number of carbonyl (C=O) groups is 1. The van der Waals surface area contributed by atoms with Gasteiger partial charge in [0, 0.05) is 38.2 Å². The third kappa shape index (κ3) is 3.52. The summed E-state index contributed by atoms with van der Waals surface area (Å²) in [6.07, 6.45) is 9.78. The maximum Gasteiger partial charge on any atom is 0.227 e. The zero-order chi connectivity index (χ0) is 17.1. The van der Waals surface area contributed by atoms with Crippen LogP contribution < -0.4 is 4.90 Å². The van der Waals surface area contributed by atoms with E-state index in [2.05, 4.69) is 19.9 Å². The topological polar surface area (TPSA) is 54.3 Å². The quantitative estimate of drug-likeness (QED) is 0.857. The second kappa shape index (κ2) is 7.25. The van der Waals surface area contributed by atoms with Gasteiger partial charge in [0.05, 0.1) is 18.5 Å². The van der Waals surface area contributed by atoms with Crippen LogP contribution in [0.3, 0.4) is 0 Å². The Morgan fingerprint density at radius 3 is 2.84 bits per heavy atom. The van der Waals surface area contributed by atoms with Gasteiger partial charge in [0.2, 0.25) is 5.91 Å². The van der Waals surface area contributed by atoms with E-state index in [0.717, 1.165) is 57.7 Å². The molecule has 1 amide bonds. The van der Waals surface area contributed by atoms with E-state index >= 15 is 0 Å². The first-order chi connectivity index (χ1) is 12.3. The molecular formula is C19H25N5O. The van der Waals surface area contributed by atoms with Gasteiger partial charge < -0.3 is 9.80 Å². The molecule has 25 heavy (non-hydrogen) atoms. The molecule has 2 saturated heterocycles. The summed E-state index contributed by atoms with van der Waals surface area (Å²) in [5.41, 5.74) is 0. The SMILES string of the molecule is O=C(C1CCCN(c2ccccn2)C1)N1CCCC1Cn1cccn1. The number of carbonyl (C=O) groups excluding carboxylic acids is 1. The smallest absolute Gasteiger partial charge is 0.227 e. The fourth-order valence-electron chi connectivity index (χ4n) is 4.10. The second-order valence-corrected chi connectivity index (χ2v) is 7.03. The molecule has 2 aliphatic heterocycles. The first-order valence-electron chi connectivity index (χ1n) is 9.25. The van der Waals surface area contributed by atoms with Crippen molar-refractivity contribution in [3.63, 3.8) is 0 Å². The van der Waals surface area contributed by atoms with Crippen LogP contribution in [0.15, 0.2) is 42.9 Å². The number of rotatable bonds is 4. The molecule has 2 aromatic heterocycles. The highest BCUT2D eigenvalue weighted by atomic mass is 16.2. The number of hydrogen-bond donors (Lipinski definition) is 0. The molecule has 2 fully saturated rings. The molecule has 2 unspecified atom stereocenters. The third-order valence-corrected chi connectivity index (χ3v) is 5.36. The minimum absolute atomic E-state index is 0.0778. The van der Waals surface area contributed by atoms with Crippen molar-refractivity contribution in [1.82, 2.24) is 19.7 Å². The van der Waals surface area contributed by atoms with Crippen LogP contribution in [0.5, 0.6) is 0 Å². The lowest BCUT2D eigenvalue weighted by Crippen LogP contribution is -2.47. The number of aromatic nitrogens is 3. The number of amides is 1. The van der Waals surface area contributed by atoms with E-state index in [1.807, 2.05) is 41.3 Å². The Bertz CT molecular complexity index is 687. The molecule has 0 spiro atoms. The van der Waals surface area contributed by atoms with E-state index in [4.69, 9.17) is 0 Å². The van der Waals surface area contributed by atoms with Crippen molar-refractivity contribution in [3.8, 4) is 0 Å². The fourth-order valence-corrected chi connectivity index (χ4v) is 4.10. The Kier molecular flexibility index (Phi) is 4.68. The lowest BCUT2D eigenvalue weighted by Gasteiger charge is -2.36. The number of hydrogen-bond acceptors (Lipinski definition) is 4. The van der Waals surface area contributed by atoms with Crippen LogP contribution in [-0.2, 0) is 11.3 Å². The second-order valence-electron chi connectivity index (χ2n) is 7.03. The third-order valence-electron chi connectivity index (χ3n) is 5.36. The number of nitrogens with zero attached hydrogens (tertiary/aromatic N) is 5. The van der Waals surface area contributed by atoms with Gasteiger partial charge in [-0.05, 0) is 43.9 Å². The maximum atomic E-state index is 13.2. The molecule has 2 atom stereocenters. The van der Waals surface area contributed by atoms with Gasteiger partial charge >= 0.3 is 0 Å². The van der Waals surface area contributed by atoms with Crippen molar-refractivity contribution in [3.05, 3.63) is 42.9 Å². The van der Waals surface area contributed by atoms with Crippen LogP contribution in [0, 0.1) is 5.92 Å². The predicted molar refractivity (Wildman–Crippen MR) is 96.1 cm³/mol. The standard InChI is InChI=1S/C19H25N5O/c25-19(24-13-4-7-17(24)15-23-12-5-10-21-23)16-6-3-11-22(14-16)18-8-1-2-9-20-18/h1-2,5,8-10,12,16-17H,3-4,6-7,11,13-15H2. The zero-order valence-corrected chi connectivity index (χ0v) is 14.5. The average Bonchev–Trinajstić information content (AvgIpc) is 3.34. The molecule has 2 aromatic rings. The van der Waals surface area contributed by atoms with Crippen molar-refractivity contribution in [2.45, 2.75) is 38.3 Å². The fraction of sp³-hybridized carbons (Fsp3) is 0.526.